The summed E-state index contributed by atoms with van der Waals surface area (Å²) in [6.07, 6.45) is 0. The van der Waals surface area contributed by atoms with Crippen LogP contribution in [-0.4, -0.2) is 14.2 Å². The Hall–Kier alpha value is 0.316. The molecule has 168 valence electrons. The van der Waals surface area contributed by atoms with Crippen LogP contribution in [0.4, 0.5) is 0 Å². The van der Waals surface area contributed by atoms with Crippen LogP contribution in [0.25, 0.3) is 0 Å². The monoisotopic (exact) mass is 540 g/mol. The first-order chi connectivity index (χ1) is 15.5. The van der Waals surface area contributed by atoms with Gasteiger partial charge in [0.2, 0.25) is 0 Å². The van der Waals surface area contributed by atoms with Crippen molar-refractivity contribution in [2.75, 3.05) is 14.2 Å². The average Bonchev–Trinajstić information content (AvgIpc) is 2.82. The number of benzene rings is 4. The number of ether oxygens (including phenoxy) is 2. The van der Waals surface area contributed by atoms with Crippen molar-refractivity contribution >= 4 is 0 Å². The summed E-state index contributed by atoms with van der Waals surface area (Å²) in [6, 6.07) is 29.4. The third kappa shape index (κ3) is 22.3. The smallest absolute Gasteiger partial charge is 0.872 e. The molecule has 0 fully saturated rings. The van der Waals surface area contributed by atoms with E-state index in [-0.39, 0.29) is 163 Å². The molecule has 0 unspecified atom stereocenters. The zero-order valence-electron chi connectivity index (χ0n) is 21.8. The van der Waals surface area contributed by atoms with E-state index in [9.17, 15) is 20.4 Å². The zero-order valence-corrected chi connectivity index (χ0v) is 31.0. The first kappa shape index (κ1) is 43.4. The Morgan fingerprint density at radius 1 is 0.444 bits per heavy atom. The molecule has 0 heterocycles. The molecule has 36 heavy (non-hydrogen) atoms. The van der Waals surface area contributed by atoms with E-state index in [1.807, 2.05) is 12.1 Å². The predicted octanol–water partition coefficient (Wildman–Crippen LogP) is -8.93. The van der Waals surface area contributed by atoms with E-state index < -0.39 is 0 Å². The fourth-order valence-electron chi connectivity index (χ4n) is 2.04. The summed E-state index contributed by atoms with van der Waals surface area (Å²) in [5, 5.41) is 41.7. The minimum Gasteiger partial charge on any atom is -0.872 e. The number of hydrogen-bond acceptors (Lipinski definition) is 6. The summed E-state index contributed by atoms with van der Waals surface area (Å²) in [7, 11) is 3.05. The Morgan fingerprint density at radius 3 is 1.08 bits per heavy atom. The van der Waals surface area contributed by atoms with Crippen molar-refractivity contribution in [3.05, 3.63) is 109 Å². The quantitative estimate of drug-likeness (QED) is 0.234. The van der Waals surface area contributed by atoms with Gasteiger partial charge in [0.15, 0.2) is 0 Å². The topological polar surface area (TPSA) is 111 Å². The van der Waals surface area contributed by atoms with Crippen molar-refractivity contribution in [2.24, 2.45) is 0 Å². The Labute approximate surface area is 322 Å². The van der Waals surface area contributed by atoms with E-state index in [0.29, 0.717) is 5.75 Å². The molecule has 0 aliphatic heterocycles. The van der Waals surface area contributed by atoms with Gasteiger partial charge in [0.05, 0.1) is 14.2 Å². The van der Waals surface area contributed by atoms with Gasteiger partial charge < -0.3 is 29.9 Å². The van der Waals surface area contributed by atoms with Crippen LogP contribution >= 0.6 is 0 Å². The Balaban J connectivity index is -0.000000184. The predicted molar refractivity (Wildman–Crippen MR) is 117 cm³/mol. The van der Waals surface area contributed by atoms with Gasteiger partial charge in [0.25, 0.3) is 0 Å². The van der Waals surface area contributed by atoms with Crippen LogP contribution < -0.4 is 170 Å². The molecular formula is C26H24KNa3O6. The van der Waals surface area contributed by atoms with E-state index in [1.165, 1.54) is 49.6 Å². The van der Waals surface area contributed by atoms with Gasteiger partial charge in [-0.3, -0.25) is 0 Å². The van der Waals surface area contributed by atoms with Crippen LogP contribution in [0.5, 0.6) is 34.5 Å². The van der Waals surface area contributed by atoms with Gasteiger partial charge in [-0.25, -0.2) is 0 Å². The van der Waals surface area contributed by atoms with Crippen molar-refractivity contribution in [2.45, 2.75) is 0 Å². The van der Waals surface area contributed by atoms with E-state index in [2.05, 4.69) is 0 Å². The maximum absolute atomic E-state index is 10.7. The number of rotatable bonds is 2. The second-order valence-electron chi connectivity index (χ2n) is 5.95. The van der Waals surface area contributed by atoms with Gasteiger partial charge in [-0.05, 0) is 18.2 Å². The van der Waals surface area contributed by atoms with E-state index in [4.69, 9.17) is 9.47 Å². The largest absolute Gasteiger partial charge is 1.00 e. The maximum Gasteiger partial charge on any atom is 1.00 e. The second-order valence-corrected chi connectivity index (χ2v) is 5.95. The van der Waals surface area contributed by atoms with Crippen LogP contribution in [0.1, 0.15) is 0 Å². The minimum atomic E-state index is -0.0694. The number of para-hydroxylation sites is 4. The Kier molecular flexibility index (Phi) is 34.1. The molecule has 4 aromatic rings. The third-order valence-electron chi connectivity index (χ3n) is 3.61. The third-order valence-corrected chi connectivity index (χ3v) is 3.61. The van der Waals surface area contributed by atoms with Crippen LogP contribution in [0, 0.1) is 0 Å². The molecular weight excluding hydrogens is 516 g/mol. The standard InChI is InChI=1S/2C7H8O2.2C6H6O.K.3Na/c1-9-7-4-2-6(8)3-5-7;1-9-7-5-3-2-4-6(7)8;2*7-6-4-2-1-3-5-6;;;;/h2*2-5,8H,1H3;2*1-5,7H;;;;/q;;;;4*+1/p-4. The fraction of sp³-hybridized carbons (Fsp3) is 0.0769. The zero-order chi connectivity index (χ0) is 23.6. The molecule has 0 aromatic heterocycles. The van der Waals surface area contributed by atoms with Gasteiger partial charge >= 0.3 is 140 Å². The summed E-state index contributed by atoms with van der Waals surface area (Å²) in [5.41, 5.74) is 0. The molecule has 0 bridgehead atoms. The summed E-state index contributed by atoms with van der Waals surface area (Å²) in [4.78, 5) is 0. The van der Waals surface area contributed by atoms with Gasteiger partial charge in [0, 0.05) is 0 Å². The summed E-state index contributed by atoms with van der Waals surface area (Å²) >= 11 is 0. The van der Waals surface area contributed by atoms with E-state index in [0.717, 1.165) is 5.75 Å². The molecule has 0 amide bonds. The SMILES string of the molecule is COc1ccc([O-])cc1.COc1ccccc1[O-].[K+].[Na+].[Na+].[Na+].[O-]c1ccccc1.[O-]c1ccccc1. The molecule has 4 rings (SSSR count). The fourth-order valence-corrected chi connectivity index (χ4v) is 2.04. The average molecular weight is 541 g/mol. The molecule has 0 aliphatic rings. The molecule has 0 radical (unpaired) electrons. The van der Waals surface area contributed by atoms with E-state index >= 15 is 0 Å². The number of hydrogen-bond donors (Lipinski definition) is 0. The van der Waals surface area contributed by atoms with Gasteiger partial charge in [-0.1, -0.05) is 96.7 Å². The molecule has 0 saturated carbocycles. The van der Waals surface area contributed by atoms with Crippen molar-refractivity contribution in [3.8, 4) is 34.5 Å². The van der Waals surface area contributed by atoms with Gasteiger partial charge in [-0.15, -0.1) is 17.2 Å². The summed E-state index contributed by atoms with van der Waals surface area (Å²) in [5.74, 6) is 1.20. The molecule has 0 N–H and O–H groups in total. The van der Waals surface area contributed by atoms with Crippen molar-refractivity contribution < 1.29 is 170 Å². The molecule has 10 heteroatoms. The first-order valence-electron chi connectivity index (χ1n) is 9.51. The van der Waals surface area contributed by atoms with Crippen LogP contribution in [0.3, 0.4) is 0 Å². The second kappa shape index (κ2) is 28.3. The van der Waals surface area contributed by atoms with Crippen LogP contribution in [-0.2, 0) is 0 Å². The Morgan fingerprint density at radius 2 is 0.806 bits per heavy atom. The Bertz CT molecular complexity index is 958. The molecule has 0 aliphatic carbocycles. The van der Waals surface area contributed by atoms with Crippen molar-refractivity contribution in [3.63, 3.8) is 0 Å². The minimum absolute atomic E-state index is 0. The number of methoxy groups -OCH3 is 2. The van der Waals surface area contributed by atoms with Gasteiger partial charge in [-0.2, -0.15) is 0 Å². The maximum atomic E-state index is 10.7. The van der Waals surface area contributed by atoms with Crippen LogP contribution in [0.15, 0.2) is 109 Å². The summed E-state index contributed by atoms with van der Waals surface area (Å²) in [6.45, 7) is 0. The van der Waals surface area contributed by atoms with Crippen LogP contribution in [0.2, 0.25) is 0 Å². The normalized spacial score (nSPS) is 7.83. The van der Waals surface area contributed by atoms with E-state index in [1.54, 1.807) is 61.7 Å². The molecule has 0 spiro atoms. The molecule has 6 nitrogen and oxygen atoms in total. The molecule has 4 aromatic carbocycles. The van der Waals surface area contributed by atoms with Crippen molar-refractivity contribution in [1.82, 2.24) is 0 Å². The molecule has 0 saturated heterocycles. The van der Waals surface area contributed by atoms with Gasteiger partial charge in [0.1, 0.15) is 11.5 Å². The summed E-state index contributed by atoms with van der Waals surface area (Å²) < 4.78 is 9.56. The first-order valence-corrected chi connectivity index (χ1v) is 9.51. The van der Waals surface area contributed by atoms with Crippen molar-refractivity contribution in [1.29, 1.82) is 0 Å². The molecule has 0 atom stereocenters.